The first kappa shape index (κ1) is 23.2. The summed E-state index contributed by atoms with van der Waals surface area (Å²) in [6.45, 7) is 1.70. The SMILES string of the molecule is CCC(Oc1ccc(/C=C2/SC(=S)N(NC(=O)c3cccnc3)C2=O)cc1OC)C(=O)O. The summed E-state index contributed by atoms with van der Waals surface area (Å²) in [7, 11) is 1.43. The van der Waals surface area contributed by atoms with Crippen LogP contribution in [-0.2, 0) is 9.59 Å². The Morgan fingerprint density at radius 3 is 2.75 bits per heavy atom. The molecular weight excluding hydrogens is 454 g/mol. The number of thioether (sulfide) groups is 1. The van der Waals surface area contributed by atoms with E-state index in [1.165, 1.54) is 19.5 Å². The molecule has 1 aliphatic rings. The Bertz CT molecular complexity index is 1090. The van der Waals surface area contributed by atoms with E-state index < -0.39 is 23.9 Å². The molecule has 1 atom stereocenters. The lowest BCUT2D eigenvalue weighted by molar-refractivity contribution is -0.145. The van der Waals surface area contributed by atoms with Crippen molar-refractivity contribution in [2.45, 2.75) is 19.4 Å². The molecule has 0 radical (unpaired) electrons. The molecule has 9 nitrogen and oxygen atoms in total. The van der Waals surface area contributed by atoms with Crippen LogP contribution in [-0.4, -0.2) is 50.4 Å². The Balaban J connectivity index is 1.78. The number of ether oxygens (including phenoxy) is 2. The average molecular weight is 474 g/mol. The fourth-order valence-electron chi connectivity index (χ4n) is 2.71. The molecule has 166 valence electrons. The zero-order valence-electron chi connectivity index (χ0n) is 17.1. The number of carboxylic acid groups (broad SMARTS) is 1. The highest BCUT2D eigenvalue weighted by atomic mass is 32.2. The third-order valence-corrected chi connectivity index (χ3v) is 5.63. The first-order valence-corrected chi connectivity index (χ1v) is 10.6. The van der Waals surface area contributed by atoms with Crippen LogP contribution in [0.3, 0.4) is 0 Å². The molecule has 0 spiro atoms. The normalized spacial score (nSPS) is 15.6. The Labute approximate surface area is 193 Å². The van der Waals surface area contributed by atoms with Gasteiger partial charge in [-0.3, -0.25) is 20.0 Å². The number of hydrazine groups is 1. The quantitative estimate of drug-likeness (QED) is 0.441. The molecule has 1 fully saturated rings. The van der Waals surface area contributed by atoms with E-state index in [0.717, 1.165) is 16.8 Å². The summed E-state index contributed by atoms with van der Waals surface area (Å²) in [6.07, 6.45) is 3.79. The summed E-state index contributed by atoms with van der Waals surface area (Å²) >= 11 is 6.27. The smallest absolute Gasteiger partial charge is 0.344 e. The number of carbonyl (C=O) groups is 3. The highest BCUT2D eigenvalue weighted by Crippen LogP contribution is 2.34. The third kappa shape index (κ3) is 5.24. The largest absolute Gasteiger partial charge is 0.493 e. The maximum Gasteiger partial charge on any atom is 0.344 e. The summed E-state index contributed by atoms with van der Waals surface area (Å²) in [5, 5.41) is 10.2. The first-order chi connectivity index (χ1) is 15.3. The van der Waals surface area contributed by atoms with Gasteiger partial charge in [0.15, 0.2) is 21.9 Å². The summed E-state index contributed by atoms with van der Waals surface area (Å²) in [5.41, 5.74) is 3.38. The van der Waals surface area contributed by atoms with Gasteiger partial charge in [-0.1, -0.05) is 24.8 Å². The summed E-state index contributed by atoms with van der Waals surface area (Å²) in [5.74, 6) is -1.47. The molecule has 3 rings (SSSR count). The van der Waals surface area contributed by atoms with E-state index in [-0.39, 0.29) is 22.1 Å². The first-order valence-electron chi connectivity index (χ1n) is 9.40. The number of aliphatic carboxylic acids is 1. The number of hydrogen-bond acceptors (Lipinski definition) is 8. The van der Waals surface area contributed by atoms with Crippen LogP contribution >= 0.6 is 24.0 Å². The van der Waals surface area contributed by atoms with Gasteiger partial charge in [0.05, 0.1) is 17.6 Å². The number of amides is 2. The van der Waals surface area contributed by atoms with Crippen molar-refractivity contribution in [1.82, 2.24) is 15.4 Å². The van der Waals surface area contributed by atoms with E-state index in [9.17, 15) is 19.5 Å². The number of hydrogen-bond donors (Lipinski definition) is 2. The molecular formula is C21H19N3O6S2. The minimum absolute atomic E-state index is 0.178. The second-order valence-corrected chi connectivity index (χ2v) is 8.14. The maximum atomic E-state index is 12.8. The van der Waals surface area contributed by atoms with E-state index in [1.807, 2.05) is 0 Å². The number of pyridine rings is 1. The summed E-state index contributed by atoms with van der Waals surface area (Å²) in [4.78, 5) is 40.5. The zero-order chi connectivity index (χ0) is 23.3. The molecule has 2 aromatic rings. The maximum absolute atomic E-state index is 12.8. The van der Waals surface area contributed by atoms with Crippen molar-refractivity contribution in [2.24, 2.45) is 0 Å². The molecule has 32 heavy (non-hydrogen) atoms. The topological polar surface area (TPSA) is 118 Å². The molecule has 2 N–H and O–H groups in total. The van der Waals surface area contributed by atoms with E-state index in [2.05, 4.69) is 10.4 Å². The fraction of sp³-hybridized carbons (Fsp3) is 0.190. The number of aromatic nitrogens is 1. The number of nitrogens with zero attached hydrogens (tertiary/aromatic N) is 2. The van der Waals surface area contributed by atoms with Gasteiger partial charge in [0.1, 0.15) is 0 Å². The summed E-state index contributed by atoms with van der Waals surface area (Å²) in [6, 6.07) is 8.03. The van der Waals surface area contributed by atoms with Crippen LogP contribution < -0.4 is 14.9 Å². The highest BCUT2D eigenvalue weighted by molar-refractivity contribution is 8.26. The number of benzene rings is 1. The monoisotopic (exact) mass is 473 g/mol. The third-order valence-electron chi connectivity index (χ3n) is 4.33. The molecule has 2 heterocycles. The molecule has 1 aliphatic heterocycles. The Kier molecular flexibility index (Phi) is 7.44. The predicted molar refractivity (Wildman–Crippen MR) is 122 cm³/mol. The van der Waals surface area contributed by atoms with Crippen molar-refractivity contribution in [3.05, 3.63) is 58.8 Å². The number of carbonyl (C=O) groups excluding carboxylic acids is 2. The molecule has 2 amide bonds. The lowest BCUT2D eigenvalue weighted by atomic mass is 10.1. The molecule has 1 saturated heterocycles. The number of rotatable bonds is 8. The molecule has 11 heteroatoms. The van der Waals surface area contributed by atoms with Gasteiger partial charge in [-0.05, 0) is 54.5 Å². The van der Waals surface area contributed by atoms with Gasteiger partial charge in [0.2, 0.25) is 0 Å². The molecule has 1 aromatic carbocycles. The van der Waals surface area contributed by atoms with Crippen molar-refractivity contribution < 1.29 is 29.0 Å². The van der Waals surface area contributed by atoms with Gasteiger partial charge < -0.3 is 14.6 Å². The van der Waals surface area contributed by atoms with Gasteiger partial charge in [-0.15, -0.1) is 0 Å². The highest BCUT2D eigenvalue weighted by Gasteiger charge is 2.34. The van der Waals surface area contributed by atoms with Crippen LogP contribution in [0, 0.1) is 0 Å². The number of thiocarbonyl (C=S) groups is 1. The summed E-state index contributed by atoms with van der Waals surface area (Å²) < 4.78 is 11.0. The molecule has 1 unspecified atom stereocenters. The van der Waals surface area contributed by atoms with Crippen molar-refractivity contribution in [1.29, 1.82) is 0 Å². The van der Waals surface area contributed by atoms with E-state index in [0.29, 0.717) is 16.2 Å². The minimum atomic E-state index is -1.07. The average Bonchev–Trinajstić information content (AvgIpc) is 3.05. The van der Waals surface area contributed by atoms with Gasteiger partial charge in [0.25, 0.3) is 11.8 Å². The van der Waals surface area contributed by atoms with Crippen LogP contribution in [0.15, 0.2) is 47.6 Å². The van der Waals surface area contributed by atoms with Gasteiger partial charge in [-0.2, -0.15) is 5.01 Å². The van der Waals surface area contributed by atoms with E-state index >= 15 is 0 Å². The number of nitrogens with one attached hydrogen (secondary N) is 1. The van der Waals surface area contributed by atoms with Gasteiger partial charge in [0, 0.05) is 12.4 Å². The van der Waals surface area contributed by atoms with Crippen molar-refractivity contribution >= 4 is 52.2 Å². The minimum Gasteiger partial charge on any atom is -0.493 e. The zero-order valence-corrected chi connectivity index (χ0v) is 18.7. The van der Waals surface area contributed by atoms with E-state index in [4.69, 9.17) is 21.7 Å². The second-order valence-electron chi connectivity index (χ2n) is 6.46. The van der Waals surface area contributed by atoms with Crippen LogP contribution in [0.2, 0.25) is 0 Å². The molecule has 0 saturated carbocycles. The van der Waals surface area contributed by atoms with Crippen LogP contribution in [0.25, 0.3) is 6.08 Å². The second kappa shape index (κ2) is 10.2. The Hall–Kier alpha value is -3.44. The lowest BCUT2D eigenvalue weighted by Gasteiger charge is -2.16. The van der Waals surface area contributed by atoms with Gasteiger partial charge in [-0.25, -0.2) is 4.79 Å². The van der Waals surface area contributed by atoms with Crippen molar-refractivity contribution in [3.63, 3.8) is 0 Å². The van der Waals surface area contributed by atoms with Crippen LogP contribution in [0.1, 0.15) is 29.3 Å². The molecule has 0 bridgehead atoms. The van der Waals surface area contributed by atoms with E-state index in [1.54, 1.807) is 43.3 Å². The molecule has 0 aliphatic carbocycles. The molecule has 1 aromatic heterocycles. The fourth-order valence-corrected chi connectivity index (χ4v) is 3.89. The predicted octanol–water partition coefficient (Wildman–Crippen LogP) is 2.88. The van der Waals surface area contributed by atoms with Crippen molar-refractivity contribution in [3.8, 4) is 11.5 Å². The lowest BCUT2D eigenvalue weighted by Crippen LogP contribution is -2.44. The van der Waals surface area contributed by atoms with Crippen LogP contribution in [0.5, 0.6) is 11.5 Å². The number of carboxylic acids is 1. The van der Waals surface area contributed by atoms with Crippen molar-refractivity contribution in [2.75, 3.05) is 7.11 Å². The van der Waals surface area contributed by atoms with Gasteiger partial charge >= 0.3 is 5.97 Å². The Morgan fingerprint density at radius 2 is 2.12 bits per heavy atom. The number of methoxy groups -OCH3 is 1. The standard InChI is InChI=1S/C21H19N3O6S2/c1-3-14(20(27)28)30-15-7-6-12(9-16(15)29-2)10-17-19(26)24(21(31)32-17)23-18(25)13-5-4-8-22-11-13/h4-11,14H,3H2,1-2H3,(H,23,25)(H,27,28)/b17-10+. The Morgan fingerprint density at radius 1 is 1.34 bits per heavy atom. The van der Waals surface area contributed by atoms with Crippen LogP contribution in [0.4, 0.5) is 0 Å².